The van der Waals surface area contributed by atoms with Gasteiger partial charge in [-0.15, -0.1) is 0 Å². The fourth-order valence-corrected chi connectivity index (χ4v) is 0.660. The van der Waals surface area contributed by atoms with Crippen molar-refractivity contribution in [2.24, 2.45) is 0 Å². The van der Waals surface area contributed by atoms with Gasteiger partial charge in [-0.05, 0) is 0 Å². The summed E-state index contributed by atoms with van der Waals surface area (Å²) in [7, 11) is 3.10. The Morgan fingerprint density at radius 2 is 2.36 bits per heavy atom. The molecule has 0 spiro atoms. The van der Waals surface area contributed by atoms with Crippen LogP contribution in [0.1, 0.15) is 10.4 Å². The molecule has 0 saturated heterocycles. The summed E-state index contributed by atoms with van der Waals surface area (Å²) >= 11 is 0. The van der Waals surface area contributed by atoms with E-state index in [0.29, 0.717) is 0 Å². The summed E-state index contributed by atoms with van der Waals surface area (Å²) in [5.41, 5.74) is -0.0324. The van der Waals surface area contributed by atoms with Crippen molar-refractivity contribution >= 4 is 5.91 Å². The van der Waals surface area contributed by atoms with Gasteiger partial charge in [0.1, 0.15) is 5.56 Å². The summed E-state index contributed by atoms with van der Waals surface area (Å²) in [5.74, 6) is -1.08. The van der Waals surface area contributed by atoms with Crippen molar-refractivity contribution in [1.82, 2.24) is 15.1 Å². The third-order valence-corrected chi connectivity index (χ3v) is 1.23. The van der Waals surface area contributed by atoms with Crippen LogP contribution in [0, 0.1) is 5.95 Å². The number of nitrogens with one attached hydrogen (secondary N) is 1. The molecule has 1 aromatic heterocycles. The maximum absolute atomic E-state index is 12.6. The normalized spacial score (nSPS) is 9.73. The van der Waals surface area contributed by atoms with Crippen LogP contribution >= 0.6 is 0 Å². The minimum Gasteiger partial charge on any atom is -0.345 e. The second-order valence-corrected chi connectivity index (χ2v) is 2.30. The molecule has 5 heteroatoms. The van der Waals surface area contributed by atoms with Crippen LogP contribution in [-0.2, 0) is 0 Å². The van der Waals surface area contributed by atoms with Crippen molar-refractivity contribution in [3.8, 4) is 0 Å². The lowest BCUT2D eigenvalue weighted by molar-refractivity contribution is 0.0823. The minimum atomic E-state index is -0.691. The maximum atomic E-state index is 12.6. The molecule has 4 nitrogen and oxygen atoms in total. The highest BCUT2D eigenvalue weighted by Gasteiger charge is 2.14. The van der Waals surface area contributed by atoms with Crippen LogP contribution in [0.15, 0.2) is 6.20 Å². The van der Waals surface area contributed by atoms with E-state index in [0.717, 1.165) is 6.20 Å². The van der Waals surface area contributed by atoms with Crippen LogP contribution in [0.2, 0.25) is 0 Å². The van der Waals surface area contributed by atoms with Gasteiger partial charge in [-0.2, -0.15) is 9.49 Å². The Hall–Kier alpha value is -1.39. The molecule has 1 amide bonds. The number of aromatic amines is 1. The largest absolute Gasteiger partial charge is 0.345 e. The topological polar surface area (TPSA) is 49.0 Å². The quantitative estimate of drug-likeness (QED) is 0.635. The van der Waals surface area contributed by atoms with Gasteiger partial charge in [0.15, 0.2) is 0 Å². The minimum absolute atomic E-state index is 0.0324. The number of rotatable bonds is 1. The monoisotopic (exact) mass is 157 g/mol. The van der Waals surface area contributed by atoms with Gasteiger partial charge >= 0.3 is 0 Å². The first-order chi connectivity index (χ1) is 5.13. The van der Waals surface area contributed by atoms with Crippen LogP contribution in [0.5, 0.6) is 0 Å². The highest BCUT2D eigenvalue weighted by atomic mass is 19.1. The van der Waals surface area contributed by atoms with Crippen LogP contribution < -0.4 is 0 Å². The van der Waals surface area contributed by atoms with E-state index < -0.39 is 11.9 Å². The fraction of sp³-hybridized carbons (Fsp3) is 0.333. The van der Waals surface area contributed by atoms with E-state index >= 15 is 0 Å². The van der Waals surface area contributed by atoms with Gasteiger partial charge in [-0.3, -0.25) is 9.89 Å². The van der Waals surface area contributed by atoms with Crippen LogP contribution in [-0.4, -0.2) is 35.1 Å². The second kappa shape index (κ2) is 2.69. The molecule has 0 radical (unpaired) electrons. The smallest absolute Gasteiger partial charge is 0.259 e. The predicted octanol–water partition coefficient (Wildman–Crippen LogP) is 0.251. The Morgan fingerprint density at radius 1 is 1.73 bits per heavy atom. The van der Waals surface area contributed by atoms with Crippen molar-refractivity contribution in [2.75, 3.05) is 14.1 Å². The number of carbonyl (C=O) groups is 1. The lowest BCUT2D eigenvalue weighted by Gasteiger charge is -2.06. The molecule has 1 aromatic rings. The molecular weight excluding hydrogens is 149 g/mol. The third kappa shape index (κ3) is 1.36. The van der Waals surface area contributed by atoms with Gasteiger partial charge in [0.2, 0.25) is 5.95 Å². The van der Waals surface area contributed by atoms with Crippen molar-refractivity contribution in [2.45, 2.75) is 0 Å². The molecule has 1 rings (SSSR count). The molecule has 0 aromatic carbocycles. The summed E-state index contributed by atoms with van der Waals surface area (Å²) in [6.07, 6.45) is 1.16. The van der Waals surface area contributed by atoms with E-state index in [2.05, 4.69) is 5.10 Å². The van der Waals surface area contributed by atoms with Gasteiger partial charge in [-0.1, -0.05) is 0 Å². The molecule has 1 N–H and O–H groups in total. The summed E-state index contributed by atoms with van der Waals surface area (Å²) in [4.78, 5) is 12.3. The Kier molecular flexibility index (Phi) is 1.89. The fourth-order valence-electron chi connectivity index (χ4n) is 0.660. The molecule has 0 aliphatic rings. The lowest BCUT2D eigenvalue weighted by Crippen LogP contribution is -2.22. The Labute approximate surface area is 63.0 Å². The first kappa shape index (κ1) is 7.71. The van der Waals surface area contributed by atoms with E-state index in [-0.39, 0.29) is 5.56 Å². The first-order valence-electron chi connectivity index (χ1n) is 3.03. The number of carbonyl (C=O) groups excluding carboxylic acids is 1. The first-order valence-corrected chi connectivity index (χ1v) is 3.03. The van der Waals surface area contributed by atoms with Gasteiger partial charge < -0.3 is 4.90 Å². The van der Waals surface area contributed by atoms with Crippen molar-refractivity contribution in [3.05, 3.63) is 17.7 Å². The molecule has 60 valence electrons. The number of aromatic nitrogens is 2. The molecule has 11 heavy (non-hydrogen) atoms. The molecule has 0 saturated carbocycles. The van der Waals surface area contributed by atoms with Crippen molar-refractivity contribution < 1.29 is 9.18 Å². The summed E-state index contributed by atoms with van der Waals surface area (Å²) in [6, 6.07) is 0. The SMILES string of the molecule is CN(C)C(=O)c1cn[nH]c1F. The highest BCUT2D eigenvalue weighted by molar-refractivity contribution is 5.93. The predicted molar refractivity (Wildman–Crippen MR) is 36.6 cm³/mol. The average molecular weight is 157 g/mol. The zero-order valence-corrected chi connectivity index (χ0v) is 6.26. The number of halogens is 1. The summed E-state index contributed by atoms with van der Waals surface area (Å²) in [6.45, 7) is 0. The van der Waals surface area contributed by atoms with E-state index in [1.54, 1.807) is 14.1 Å². The molecule has 0 fully saturated rings. The molecular formula is C6H8FN3O. The Bertz CT molecular complexity index is 269. The number of hydrogen-bond acceptors (Lipinski definition) is 2. The average Bonchev–Trinajstić information content (AvgIpc) is 2.33. The number of nitrogens with zero attached hydrogens (tertiary/aromatic N) is 2. The van der Waals surface area contributed by atoms with Crippen molar-refractivity contribution in [3.63, 3.8) is 0 Å². The van der Waals surface area contributed by atoms with Crippen LogP contribution in [0.4, 0.5) is 4.39 Å². The molecule has 0 aliphatic heterocycles. The molecule has 0 unspecified atom stereocenters. The standard InChI is InChI=1S/C6H8FN3O/c1-10(2)6(11)4-3-8-9-5(4)7/h3H,1-2H3,(H,8,9). The molecule has 0 bridgehead atoms. The summed E-state index contributed by atoms with van der Waals surface area (Å²) in [5, 5.41) is 5.42. The Morgan fingerprint density at radius 3 is 2.73 bits per heavy atom. The highest BCUT2D eigenvalue weighted by Crippen LogP contribution is 2.03. The van der Waals surface area contributed by atoms with E-state index in [9.17, 15) is 9.18 Å². The van der Waals surface area contributed by atoms with Gasteiger partial charge in [0.05, 0.1) is 6.20 Å². The molecule has 0 aliphatic carbocycles. The maximum Gasteiger partial charge on any atom is 0.259 e. The zero-order valence-electron chi connectivity index (χ0n) is 6.26. The van der Waals surface area contributed by atoms with E-state index in [1.165, 1.54) is 4.90 Å². The van der Waals surface area contributed by atoms with E-state index in [1.807, 2.05) is 5.10 Å². The molecule has 0 atom stereocenters. The lowest BCUT2D eigenvalue weighted by atomic mass is 10.3. The number of amides is 1. The van der Waals surface area contributed by atoms with Crippen LogP contribution in [0.3, 0.4) is 0 Å². The van der Waals surface area contributed by atoms with Gasteiger partial charge in [0.25, 0.3) is 5.91 Å². The zero-order chi connectivity index (χ0) is 8.43. The number of hydrogen-bond donors (Lipinski definition) is 1. The van der Waals surface area contributed by atoms with E-state index in [4.69, 9.17) is 0 Å². The summed E-state index contributed by atoms with van der Waals surface area (Å²) < 4.78 is 12.6. The van der Waals surface area contributed by atoms with Gasteiger partial charge in [0, 0.05) is 14.1 Å². The second-order valence-electron chi connectivity index (χ2n) is 2.30. The van der Waals surface area contributed by atoms with Gasteiger partial charge in [-0.25, -0.2) is 0 Å². The molecule has 1 heterocycles. The van der Waals surface area contributed by atoms with Crippen molar-refractivity contribution in [1.29, 1.82) is 0 Å². The third-order valence-electron chi connectivity index (χ3n) is 1.23. The number of H-pyrrole nitrogens is 1. The van der Waals surface area contributed by atoms with Crippen LogP contribution in [0.25, 0.3) is 0 Å². The Balaban J connectivity index is 2.93.